The van der Waals surface area contributed by atoms with Gasteiger partial charge < -0.3 is 14.8 Å². The fourth-order valence-electron chi connectivity index (χ4n) is 3.10. The number of halogens is 5. The summed E-state index contributed by atoms with van der Waals surface area (Å²) in [6.45, 7) is 4.49. The molecule has 0 saturated heterocycles. The van der Waals surface area contributed by atoms with Crippen LogP contribution >= 0.6 is 27.5 Å². The van der Waals surface area contributed by atoms with Gasteiger partial charge in [0.05, 0.1) is 33.6 Å². The lowest BCUT2D eigenvalue weighted by molar-refractivity contribution is -0.137. The summed E-state index contributed by atoms with van der Waals surface area (Å²) in [6.07, 6.45) is -3.38. The fourth-order valence-corrected chi connectivity index (χ4v) is 3.84. The molecule has 0 atom stereocenters. The Hall–Kier alpha value is -3.57. The van der Waals surface area contributed by atoms with Gasteiger partial charge in [0.15, 0.2) is 11.5 Å². The maximum Gasteiger partial charge on any atom is 0.416 e. The quantitative estimate of drug-likeness (QED) is 0.173. The predicted molar refractivity (Wildman–Crippen MR) is 142 cm³/mol. The predicted octanol–water partition coefficient (Wildman–Crippen LogP) is 6.50. The third kappa shape index (κ3) is 7.96. The second-order valence-electron chi connectivity index (χ2n) is 7.88. The van der Waals surface area contributed by atoms with Crippen molar-refractivity contribution in [3.63, 3.8) is 0 Å². The maximum absolute atomic E-state index is 12.9. The van der Waals surface area contributed by atoms with Gasteiger partial charge in [0, 0.05) is 0 Å². The molecule has 2 N–H and O–H groups in total. The Morgan fingerprint density at radius 3 is 2.42 bits per heavy atom. The van der Waals surface area contributed by atoms with E-state index in [1.165, 1.54) is 6.21 Å². The Balaban J connectivity index is 1.66. The molecule has 0 aromatic heterocycles. The number of carbonyl (C=O) groups is 2. The van der Waals surface area contributed by atoms with E-state index in [0.29, 0.717) is 40.8 Å². The zero-order chi connectivity index (χ0) is 27.9. The number of hydrogen-bond acceptors (Lipinski definition) is 5. The molecule has 200 valence electrons. The summed E-state index contributed by atoms with van der Waals surface area (Å²) in [4.78, 5) is 24.2. The number of rotatable bonds is 8. The number of anilines is 1. The first kappa shape index (κ1) is 29.0. The number of hydrogen-bond donors (Lipinski definition) is 2. The monoisotopic (exact) mass is 611 g/mol. The molecule has 12 heteroatoms. The molecule has 0 aliphatic carbocycles. The van der Waals surface area contributed by atoms with Crippen LogP contribution in [0.15, 0.2) is 64.2 Å². The van der Waals surface area contributed by atoms with E-state index in [2.05, 4.69) is 21.0 Å². The molecular formula is C26H22BrClF3N3O4. The van der Waals surface area contributed by atoms with Crippen molar-refractivity contribution in [3.05, 3.63) is 86.3 Å². The van der Waals surface area contributed by atoms with Crippen molar-refractivity contribution >= 4 is 51.2 Å². The Morgan fingerprint density at radius 2 is 1.76 bits per heavy atom. The van der Waals surface area contributed by atoms with E-state index in [-0.39, 0.29) is 10.7 Å². The average Bonchev–Trinajstić information content (AvgIpc) is 2.85. The number of alkyl halides is 3. The molecule has 0 aliphatic rings. The summed E-state index contributed by atoms with van der Waals surface area (Å²) in [5.74, 6) is -1.55. The molecule has 0 unspecified atom stereocenters. The third-order valence-corrected chi connectivity index (χ3v) is 5.88. The zero-order valence-corrected chi connectivity index (χ0v) is 22.5. The summed E-state index contributed by atoms with van der Waals surface area (Å²) >= 11 is 9.29. The highest BCUT2D eigenvalue weighted by atomic mass is 79.9. The Morgan fingerprint density at radius 1 is 1.05 bits per heavy atom. The van der Waals surface area contributed by atoms with Crippen LogP contribution in [0.2, 0.25) is 5.02 Å². The summed E-state index contributed by atoms with van der Waals surface area (Å²) in [5.41, 5.74) is 3.24. The summed E-state index contributed by atoms with van der Waals surface area (Å²) in [5, 5.41) is 5.62. The molecule has 3 rings (SSSR count). The van der Waals surface area contributed by atoms with Gasteiger partial charge in [-0.3, -0.25) is 9.59 Å². The smallest absolute Gasteiger partial charge is 0.416 e. The van der Waals surface area contributed by atoms with Crippen molar-refractivity contribution in [2.75, 3.05) is 11.9 Å². The molecule has 0 spiro atoms. The standard InChI is InChI=1S/C26H22BrClF3N3O4/c1-3-37-22-11-17(10-19(27)23(22)38-14-16-6-4-15(2)5-7-16)13-32-34-25(36)24(35)33-21-12-18(26(29,30)31)8-9-20(21)28/h4-13H,3,14H2,1-2H3,(H,33,35)(H,34,36). The lowest BCUT2D eigenvalue weighted by atomic mass is 10.2. The number of ether oxygens (including phenoxy) is 2. The Labute approximate surface area is 230 Å². The van der Waals surface area contributed by atoms with Crippen molar-refractivity contribution in [2.24, 2.45) is 5.10 Å². The summed E-state index contributed by atoms with van der Waals surface area (Å²) in [7, 11) is 0. The van der Waals surface area contributed by atoms with E-state index in [9.17, 15) is 22.8 Å². The molecular weight excluding hydrogens is 591 g/mol. The molecule has 2 amide bonds. The van der Waals surface area contributed by atoms with E-state index in [0.717, 1.165) is 23.3 Å². The van der Waals surface area contributed by atoms with Crippen molar-refractivity contribution in [1.82, 2.24) is 5.43 Å². The van der Waals surface area contributed by atoms with Crippen LogP contribution in [0, 0.1) is 6.92 Å². The number of hydrazone groups is 1. The number of carbonyl (C=O) groups excluding carboxylic acids is 2. The largest absolute Gasteiger partial charge is 0.490 e. The van der Waals surface area contributed by atoms with Crippen LogP contribution in [0.3, 0.4) is 0 Å². The highest BCUT2D eigenvalue weighted by molar-refractivity contribution is 9.10. The average molecular weight is 613 g/mol. The fraction of sp³-hybridized carbons (Fsp3) is 0.192. The van der Waals surface area contributed by atoms with Crippen LogP contribution in [-0.2, 0) is 22.4 Å². The van der Waals surface area contributed by atoms with Crippen LogP contribution in [0.25, 0.3) is 0 Å². The first-order chi connectivity index (χ1) is 18.0. The molecule has 0 heterocycles. The summed E-state index contributed by atoms with van der Waals surface area (Å²) in [6, 6.07) is 13.6. The van der Waals surface area contributed by atoms with Crippen LogP contribution < -0.4 is 20.2 Å². The SMILES string of the molecule is CCOc1cc(C=NNC(=O)C(=O)Nc2cc(C(F)(F)F)ccc2Cl)cc(Br)c1OCc1ccc(C)cc1. The molecule has 0 fully saturated rings. The second-order valence-corrected chi connectivity index (χ2v) is 9.14. The first-order valence-corrected chi connectivity index (χ1v) is 12.3. The van der Waals surface area contributed by atoms with E-state index in [1.54, 1.807) is 12.1 Å². The lowest BCUT2D eigenvalue weighted by Gasteiger charge is -2.15. The molecule has 3 aromatic carbocycles. The van der Waals surface area contributed by atoms with E-state index < -0.39 is 23.6 Å². The van der Waals surface area contributed by atoms with Crippen LogP contribution in [0.5, 0.6) is 11.5 Å². The molecule has 0 radical (unpaired) electrons. The highest BCUT2D eigenvalue weighted by Gasteiger charge is 2.31. The number of nitrogens with one attached hydrogen (secondary N) is 2. The Bertz CT molecular complexity index is 1350. The molecule has 3 aromatic rings. The summed E-state index contributed by atoms with van der Waals surface area (Å²) < 4.78 is 50.9. The Kier molecular flexibility index (Phi) is 9.76. The minimum absolute atomic E-state index is 0.166. The number of nitrogens with zero attached hydrogens (tertiary/aromatic N) is 1. The topological polar surface area (TPSA) is 89.0 Å². The van der Waals surface area contributed by atoms with Gasteiger partial charge in [0.25, 0.3) is 0 Å². The van der Waals surface area contributed by atoms with E-state index in [4.69, 9.17) is 21.1 Å². The normalized spacial score (nSPS) is 11.3. The van der Waals surface area contributed by atoms with Gasteiger partial charge in [-0.15, -0.1) is 0 Å². The van der Waals surface area contributed by atoms with Crippen molar-refractivity contribution in [1.29, 1.82) is 0 Å². The van der Waals surface area contributed by atoms with Gasteiger partial charge in [-0.1, -0.05) is 41.4 Å². The molecule has 0 bridgehead atoms. The molecule has 0 saturated carbocycles. The van der Waals surface area contributed by atoms with Gasteiger partial charge in [-0.25, -0.2) is 5.43 Å². The lowest BCUT2D eigenvalue weighted by Crippen LogP contribution is -2.32. The minimum Gasteiger partial charge on any atom is -0.490 e. The second kappa shape index (κ2) is 12.8. The van der Waals surface area contributed by atoms with Crippen LogP contribution in [0.4, 0.5) is 18.9 Å². The first-order valence-electron chi connectivity index (χ1n) is 11.1. The molecule has 0 aliphatic heterocycles. The number of aryl methyl sites for hydroxylation is 1. The minimum atomic E-state index is -4.65. The molecule has 38 heavy (non-hydrogen) atoms. The van der Waals surface area contributed by atoms with Crippen molar-refractivity contribution < 1.29 is 32.2 Å². The van der Waals surface area contributed by atoms with Crippen LogP contribution in [0.1, 0.15) is 29.2 Å². The van der Waals surface area contributed by atoms with Crippen LogP contribution in [-0.4, -0.2) is 24.6 Å². The van der Waals surface area contributed by atoms with E-state index in [1.807, 2.05) is 48.9 Å². The van der Waals surface area contributed by atoms with Gasteiger partial charge in [0.2, 0.25) is 0 Å². The van der Waals surface area contributed by atoms with Gasteiger partial charge >= 0.3 is 18.0 Å². The maximum atomic E-state index is 12.9. The van der Waals surface area contributed by atoms with Gasteiger partial charge in [-0.2, -0.15) is 18.3 Å². The zero-order valence-electron chi connectivity index (χ0n) is 20.2. The number of amides is 2. The van der Waals surface area contributed by atoms with Gasteiger partial charge in [0.1, 0.15) is 6.61 Å². The third-order valence-electron chi connectivity index (χ3n) is 4.96. The highest BCUT2D eigenvalue weighted by Crippen LogP contribution is 2.37. The van der Waals surface area contributed by atoms with Gasteiger partial charge in [-0.05, 0) is 71.2 Å². The molecule has 7 nitrogen and oxygen atoms in total. The number of benzene rings is 3. The van der Waals surface area contributed by atoms with Crippen molar-refractivity contribution in [2.45, 2.75) is 26.6 Å². The van der Waals surface area contributed by atoms with Crippen molar-refractivity contribution in [3.8, 4) is 11.5 Å². The van der Waals surface area contributed by atoms with E-state index >= 15 is 0 Å².